The number of amides is 2. The van der Waals surface area contributed by atoms with Gasteiger partial charge in [0.15, 0.2) is 0 Å². The number of carbonyl (C=O) groups excluding carboxylic acids is 1. The number of urea groups is 1. The molecule has 0 aromatic heterocycles. The van der Waals surface area contributed by atoms with Crippen molar-refractivity contribution in [3.63, 3.8) is 0 Å². The smallest absolute Gasteiger partial charge is 0.326 e. The molecule has 6 heteroatoms. The van der Waals surface area contributed by atoms with Gasteiger partial charge in [-0.3, -0.25) is 0 Å². The summed E-state index contributed by atoms with van der Waals surface area (Å²) in [5.41, 5.74) is 0. The molecule has 16 heavy (non-hydrogen) atoms. The Morgan fingerprint density at radius 2 is 1.81 bits per heavy atom. The van der Waals surface area contributed by atoms with Crippen LogP contribution in [0.5, 0.6) is 0 Å². The molecule has 2 unspecified atom stereocenters. The molecule has 0 fully saturated rings. The number of aliphatic hydroxyl groups is 1. The summed E-state index contributed by atoms with van der Waals surface area (Å²) in [6, 6.07) is -1.47. The van der Waals surface area contributed by atoms with Gasteiger partial charge in [0.25, 0.3) is 0 Å². The SMILES string of the molecule is CC(C)CC(NC(=O)NCC(C)O)C(=O)O. The molecule has 0 saturated carbocycles. The summed E-state index contributed by atoms with van der Waals surface area (Å²) in [6.45, 7) is 5.39. The molecule has 2 amide bonds. The van der Waals surface area contributed by atoms with Gasteiger partial charge in [-0.05, 0) is 19.3 Å². The maximum absolute atomic E-state index is 11.2. The van der Waals surface area contributed by atoms with Crippen LogP contribution in [-0.2, 0) is 4.79 Å². The fourth-order valence-electron chi connectivity index (χ4n) is 1.14. The zero-order chi connectivity index (χ0) is 12.7. The monoisotopic (exact) mass is 232 g/mol. The summed E-state index contributed by atoms with van der Waals surface area (Å²) in [5.74, 6) is -0.876. The lowest BCUT2D eigenvalue weighted by Crippen LogP contribution is -2.47. The first-order chi connectivity index (χ1) is 7.32. The number of aliphatic carboxylic acids is 1. The molecule has 0 aromatic rings. The number of hydrogen-bond acceptors (Lipinski definition) is 3. The molecule has 2 atom stereocenters. The fraction of sp³-hybridized carbons (Fsp3) is 0.800. The van der Waals surface area contributed by atoms with Crippen molar-refractivity contribution in [1.29, 1.82) is 0 Å². The van der Waals surface area contributed by atoms with E-state index in [1.54, 1.807) is 0 Å². The summed E-state index contributed by atoms with van der Waals surface area (Å²) in [4.78, 5) is 22.1. The highest BCUT2D eigenvalue weighted by atomic mass is 16.4. The summed E-state index contributed by atoms with van der Waals surface area (Å²) >= 11 is 0. The zero-order valence-corrected chi connectivity index (χ0v) is 9.86. The van der Waals surface area contributed by atoms with Gasteiger partial charge in [0.1, 0.15) is 6.04 Å². The second-order valence-corrected chi connectivity index (χ2v) is 4.22. The lowest BCUT2D eigenvalue weighted by atomic mass is 10.0. The lowest BCUT2D eigenvalue weighted by molar-refractivity contribution is -0.139. The van der Waals surface area contributed by atoms with Gasteiger partial charge in [0.05, 0.1) is 6.10 Å². The van der Waals surface area contributed by atoms with Crippen LogP contribution in [0.2, 0.25) is 0 Å². The summed E-state index contributed by atoms with van der Waals surface area (Å²) in [6.07, 6.45) is -0.281. The summed E-state index contributed by atoms with van der Waals surface area (Å²) < 4.78 is 0. The predicted octanol–water partition coefficient (Wildman–Crippen LogP) is 0.166. The standard InChI is InChI=1S/C10H20N2O4/c1-6(2)4-8(9(14)15)12-10(16)11-5-7(3)13/h6-8,13H,4-5H2,1-3H3,(H,14,15)(H2,11,12,16). The zero-order valence-electron chi connectivity index (χ0n) is 9.86. The maximum atomic E-state index is 11.2. The predicted molar refractivity (Wildman–Crippen MR) is 59.1 cm³/mol. The molecule has 0 spiro atoms. The first-order valence-corrected chi connectivity index (χ1v) is 5.28. The normalized spacial score (nSPS) is 14.3. The summed E-state index contributed by atoms with van der Waals surface area (Å²) in [7, 11) is 0. The van der Waals surface area contributed by atoms with E-state index in [1.807, 2.05) is 13.8 Å². The largest absolute Gasteiger partial charge is 0.480 e. The first kappa shape index (κ1) is 14.7. The third-order valence-corrected chi connectivity index (χ3v) is 1.87. The number of aliphatic hydroxyl groups excluding tert-OH is 1. The van der Waals surface area contributed by atoms with Crippen LogP contribution in [0.4, 0.5) is 4.79 Å². The number of nitrogens with one attached hydrogen (secondary N) is 2. The Hall–Kier alpha value is -1.30. The van der Waals surface area contributed by atoms with Gasteiger partial charge in [-0.15, -0.1) is 0 Å². The van der Waals surface area contributed by atoms with Gasteiger partial charge in [-0.25, -0.2) is 9.59 Å². The molecular weight excluding hydrogens is 212 g/mol. The number of rotatable bonds is 6. The van der Waals surface area contributed by atoms with Crippen molar-refractivity contribution in [2.75, 3.05) is 6.54 Å². The van der Waals surface area contributed by atoms with Gasteiger partial charge >= 0.3 is 12.0 Å². The minimum Gasteiger partial charge on any atom is -0.480 e. The van der Waals surface area contributed by atoms with Crippen LogP contribution in [0.15, 0.2) is 0 Å². The average molecular weight is 232 g/mol. The van der Waals surface area contributed by atoms with Gasteiger partial charge in [0, 0.05) is 6.54 Å². The van der Waals surface area contributed by atoms with Crippen molar-refractivity contribution in [3.05, 3.63) is 0 Å². The molecular formula is C10H20N2O4. The van der Waals surface area contributed by atoms with Crippen molar-refractivity contribution in [3.8, 4) is 0 Å². The van der Waals surface area contributed by atoms with Crippen LogP contribution >= 0.6 is 0 Å². The van der Waals surface area contributed by atoms with E-state index in [4.69, 9.17) is 10.2 Å². The number of carboxylic acids is 1. The van der Waals surface area contributed by atoms with Gasteiger partial charge in [-0.1, -0.05) is 13.8 Å². The summed E-state index contributed by atoms with van der Waals surface area (Å²) in [5, 5.41) is 22.5. The topological polar surface area (TPSA) is 98.7 Å². The third kappa shape index (κ3) is 7.05. The molecule has 0 aliphatic carbocycles. The molecule has 0 aromatic carbocycles. The molecule has 4 N–H and O–H groups in total. The van der Waals surface area contributed by atoms with Crippen molar-refractivity contribution in [2.45, 2.75) is 39.3 Å². The van der Waals surface area contributed by atoms with E-state index in [0.717, 1.165) is 0 Å². The number of carboxylic acid groups (broad SMARTS) is 1. The molecule has 0 saturated heterocycles. The van der Waals surface area contributed by atoms with E-state index in [1.165, 1.54) is 6.92 Å². The number of carbonyl (C=O) groups is 2. The van der Waals surface area contributed by atoms with E-state index in [9.17, 15) is 9.59 Å². The van der Waals surface area contributed by atoms with E-state index >= 15 is 0 Å². The number of hydrogen-bond donors (Lipinski definition) is 4. The Labute approximate surface area is 95.0 Å². The lowest BCUT2D eigenvalue weighted by Gasteiger charge is -2.17. The fourth-order valence-corrected chi connectivity index (χ4v) is 1.14. The van der Waals surface area contributed by atoms with E-state index in [2.05, 4.69) is 10.6 Å². The molecule has 94 valence electrons. The van der Waals surface area contributed by atoms with Crippen LogP contribution in [0.1, 0.15) is 27.2 Å². The highest BCUT2D eigenvalue weighted by molar-refractivity contribution is 5.82. The maximum Gasteiger partial charge on any atom is 0.326 e. The van der Waals surface area contributed by atoms with Gasteiger partial charge in [-0.2, -0.15) is 0 Å². The molecule has 0 bridgehead atoms. The molecule has 6 nitrogen and oxygen atoms in total. The molecule has 0 radical (unpaired) electrons. The quantitative estimate of drug-likeness (QED) is 0.524. The Morgan fingerprint density at radius 1 is 1.25 bits per heavy atom. The highest BCUT2D eigenvalue weighted by Crippen LogP contribution is 2.04. The second kappa shape index (κ2) is 7.05. The van der Waals surface area contributed by atoms with Crippen LogP contribution in [0, 0.1) is 5.92 Å². The molecule has 0 aliphatic heterocycles. The van der Waals surface area contributed by atoms with E-state index in [0.29, 0.717) is 6.42 Å². The van der Waals surface area contributed by atoms with Crippen LogP contribution in [-0.4, -0.2) is 40.9 Å². The van der Waals surface area contributed by atoms with Crippen LogP contribution < -0.4 is 10.6 Å². The third-order valence-electron chi connectivity index (χ3n) is 1.87. The van der Waals surface area contributed by atoms with Crippen molar-refractivity contribution in [2.24, 2.45) is 5.92 Å². The first-order valence-electron chi connectivity index (χ1n) is 5.28. The minimum absolute atomic E-state index is 0.0971. The van der Waals surface area contributed by atoms with Crippen molar-refractivity contribution >= 4 is 12.0 Å². The Morgan fingerprint density at radius 3 is 2.19 bits per heavy atom. The van der Waals surface area contributed by atoms with Crippen molar-refractivity contribution in [1.82, 2.24) is 10.6 Å². The van der Waals surface area contributed by atoms with Crippen molar-refractivity contribution < 1.29 is 19.8 Å². The Bertz CT molecular complexity index is 241. The second-order valence-electron chi connectivity index (χ2n) is 4.22. The molecule has 0 rings (SSSR count). The van der Waals surface area contributed by atoms with E-state index in [-0.39, 0.29) is 12.5 Å². The minimum atomic E-state index is -1.05. The van der Waals surface area contributed by atoms with Crippen LogP contribution in [0.3, 0.4) is 0 Å². The average Bonchev–Trinajstić information content (AvgIpc) is 2.12. The van der Waals surface area contributed by atoms with Gasteiger partial charge in [0.2, 0.25) is 0 Å². The molecule has 0 heterocycles. The molecule has 0 aliphatic rings. The Balaban J connectivity index is 4.08. The highest BCUT2D eigenvalue weighted by Gasteiger charge is 2.20. The Kier molecular flexibility index (Phi) is 6.48. The van der Waals surface area contributed by atoms with E-state index < -0.39 is 24.1 Å². The van der Waals surface area contributed by atoms with Crippen LogP contribution in [0.25, 0.3) is 0 Å². The van der Waals surface area contributed by atoms with Gasteiger partial charge < -0.3 is 20.8 Å².